The molecule has 25 heavy (non-hydrogen) atoms. The summed E-state index contributed by atoms with van der Waals surface area (Å²) in [5.74, 6) is 0.561. The number of aromatic nitrogens is 2. The number of imidazole rings is 1. The minimum Gasteiger partial charge on any atom is -0.373 e. The third-order valence-corrected chi connectivity index (χ3v) is 5.21. The topological polar surface area (TPSA) is 39.1 Å². The fourth-order valence-electron chi connectivity index (χ4n) is 3.90. The molecule has 2 fully saturated rings. The average molecular weight is 351 g/mol. The third kappa shape index (κ3) is 3.18. The maximum absolute atomic E-state index is 13.0. The van der Waals surface area contributed by atoms with Gasteiger partial charge in [0.25, 0.3) is 0 Å². The van der Waals surface area contributed by atoms with Gasteiger partial charge in [-0.25, -0.2) is 4.98 Å². The Bertz CT molecular complexity index is 750. The fraction of sp³-hybridized carbons (Fsp3) is 0.500. The predicted octanol–water partition coefficient (Wildman–Crippen LogP) is 3.65. The third-order valence-electron chi connectivity index (χ3n) is 5.21. The molecule has 2 aliphatic rings. The molecule has 1 N–H and O–H groups in total. The van der Waals surface area contributed by atoms with E-state index < -0.39 is 11.7 Å². The Labute approximate surface area is 144 Å². The second kappa shape index (κ2) is 6.14. The van der Waals surface area contributed by atoms with Gasteiger partial charge in [0.15, 0.2) is 0 Å². The standard InChI is InChI=1S/C18H20F3N3O/c19-18(20,21)14-3-1-2-13(10-14)16-23-8-9-24(16)15-11-17(25-12-15)4-6-22-7-5-17/h1-3,8-10,15,22H,4-7,11-12H2. The highest BCUT2D eigenvalue weighted by Gasteiger charge is 2.42. The van der Waals surface area contributed by atoms with Crippen molar-refractivity contribution in [2.24, 2.45) is 0 Å². The number of halogens is 3. The molecule has 134 valence electrons. The number of piperidine rings is 1. The molecule has 0 saturated carbocycles. The molecule has 3 heterocycles. The molecular weight excluding hydrogens is 331 g/mol. The highest BCUT2D eigenvalue weighted by molar-refractivity contribution is 5.57. The number of alkyl halides is 3. The Morgan fingerprint density at radius 3 is 2.80 bits per heavy atom. The van der Waals surface area contributed by atoms with Crippen LogP contribution in [0.25, 0.3) is 11.4 Å². The first-order valence-electron chi connectivity index (χ1n) is 8.52. The minimum absolute atomic E-state index is 0.102. The van der Waals surface area contributed by atoms with Crippen molar-refractivity contribution in [3.05, 3.63) is 42.2 Å². The molecule has 4 rings (SSSR count). The van der Waals surface area contributed by atoms with Crippen LogP contribution in [0.2, 0.25) is 0 Å². The van der Waals surface area contributed by atoms with E-state index in [4.69, 9.17) is 4.74 Å². The number of nitrogens with zero attached hydrogens (tertiary/aromatic N) is 2. The molecule has 0 aliphatic carbocycles. The molecule has 0 amide bonds. The summed E-state index contributed by atoms with van der Waals surface area (Å²) in [6.07, 6.45) is 1.93. The van der Waals surface area contributed by atoms with E-state index in [9.17, 15) is 13.2 Å². The zero-order valence-corrected chi connectivity index (χ0v) is 13.7. The molecule has 0 radical (unpaired) electrons. The number of hydrogen-bond donors (Lipinski definition) is 1. The molecule has 1 aromatic heterocycles. The van der Waals surface area contributed by atoms with Gasteiger partial charge in [0.2, 0.25) is 0 Å². The number of hydrogen-bond acceptors (Lipinski definition) is 3. The van der Waals surface area contributed by atoms with Crippen LogP contribution in [0.3, 0.4) is 0 Å². The van der Waals surface area contributed by atoms with E-state index in [1.165, 1.54) is 6.07 Å². The van der Waals surface area contributed by atoms with Crippen molar-refractivity contribution in [1.82, 2.24) is 14.9 Å². The highest BCUT2D eigenvalue weighted by Crippen LogP contribution is 2.41. The van der Waals surface area contributed by atoms with Gasteiger partial charge < -0.3 is 14.6 Å². The van der Waals surface area contributed by atoms with Gasteiger partial charge in [-0.1, -0.05) is 12.1 Å². The lowest BCUT2D eigenvalue weighted by Gasteiger charge is -2.33. The van der Waals surface area contributed by atoms with Crippen LogP contribution in [0.5, 0.6) is 0 Å². The normalized spacial score (nSPS) is 23.2. The van der Waals surface area contributed by atoms with Crippen LogP contribution in [-0.2, 0) is 10.9 Å². The largest absolute Gasteiger partial charge is 0.416 e. The van der Waals surface area contributed by atoms with Gasteiger partial charge in [0.1, 0.15) is 5.82 Å². The fourth-order valence-corrected chi connectivity index (χ4v) is 3.90. The van der Waals surface area contributed by atoms with E-state index in [0.717, 1.165) is 44.5 Å². The van der Waals surface area contributed by atoms with Crippen LogP contribution in [0.15, 0.2) is 36.7 Å². The molecule has 1 spiro atoms. The van der Waals surface area contributed by atoms with Gasteiger partial charge in [-0.15, -0.1) is 0 Å². The summed E-state index contributed by atoms with van der Waals surface area (Å²) in [5.41, 5.74) is -0.284. The lowest BCUT2D eigenvalue weighted by molar-refractivity contribution is -0.137. The number of benzene rings is 1. The summed E-state index contributed by atoms with van der Waals surface area (Å²) in [6, 6.07) is 5.44. The lowest BCUT2D eigenvalue weighted by Crippen LogP contribution is -2.41. The summed E-state index contributed by atoms with van der Waals surface area (Å²) in [6.45, 7) is 2.45. The van der Waals surface area contributed by atoms with Crippen molar-refractivity contribution in [2.75, 3.05) is 19.7 Å². The Hall–Kier alpha value is -1.86. The summed E-state index contributed by atoms with van der Waals surface area (Å²) in [7, 11) is 0. The van der Waals surface area contributed by atoms with Crippen molar-refractivity contribution in [3.63, 3.8) is 0 Å². The van der Waals surface area contributed by atoms with E-state index in [1.54, 1.807) is 12.3 Å². The van der Waals surface area contributed by atoms with Crippen molar-refractivity contribution in [1.29, 1.82) is 0 Å². The zero-order chi connectivity index (χ0) is 17.5. The molecule has 2 saturated heterocycles. The van der Waals surface area contributed by atoms with Crippen molar-refractivity contribution < 1.29 is 17.9 Å². The van der Waals surface area contributed by atoms with E-state index in [-0.39, 0.29) is 11.6 Å². The summed E-state index contributed by atoms with van der Waals surface area (Å²) in [5, 5.41) is 3.34. The second-order valence-corrected chi connectivity index (χ2v) is 6.84. The molecule has 2 aliphatic heterocycles. The van der Waals surface area contributed by atoms with Crippen LogP contribution in [0.4, 0.5) is 13.2 Å². The van der Waals surface area contributed by atoms with Gasteiger partial charge in [-0.2, -0.15) is 13.2 Å². The molecule has 4 nitrogen and oxygen atoms in total. The molecule has 7 heteroatoms. The maximum atomic E-state index is 13.0. The van der Waals surface area contributed by atoms with Crippen LogP contribution in [0.1, 0.15) is 30.9 Å². The Balaban J connectivity index is 1.62. The summed E-state index contributed by atoms with van der Waals surface area (Å²) >= 11 is 0. The quantitative estimate of drug-likeness (QED) is 0.898. The predicted molar refractivity (Wildman–Crippen MR) is 87.1 cm³/mol. The maximum Gasteiger partial charge on any atom is 0.416 e. The minimum atomic E-state index is -4.36. The summed E-state index contributed by atoms with van der Waals surface area (Å²) < 4.78 is 47.1. The van der Waals surface area contributed by atoms with Gasteiger partial charge >= 0.3 is 6.18 Å². The van der Waals surface area contributed by atoms with E-state index in [0.29, 0.717) is 18.0 Å². The van der Waals surface area contributed by atoms with E-state index in [2.05, 4.69) is 10.3 Å². The highest BCUT2D eigenvalue weighted by atomic mass is 19.4. The monoisotopic (exact) mass is 351 g/mol. The Morgan fingerprint density at radius 1 is 1.24 bits per heavy atom. The molecule has 1 unspecified atom stereocenters. The second-order valence-electron chi connectivity index (χ2n) is 6.84. The Morgan fingerprint density at radius 2 is 2.04 bits per heavy atom. The van der Waals surface area contributed by atoms with Gasteiger partial charge in [-0.05, 0) is 44.5 Å². The number of ether oxygens (including phenoxy) is 1. The van der Waals surface area contributed by atoms with Crippen molar-refractivity contribution in [2.45, 2.75) is 37.1 Å². The molecule has 2 aromatic rings. The first-order chi connectivity index (χ1) is 12.0. The van der Waals surface area contributed by atoms with Gasteiger partial charge in [-0.3, -0.25) is 0 Å². The zero-order valence-electron chi connectivity index (χ0n) is 13.7. The van der Waals surface area contributed by atoms with Crippen LogP contribution in [0, 0.1) is 0 Å². The van der Waals surface area contributed by atoms with Crippen LogP contribution < -0.4 is 5.32 Å². The van der Waals surface area contributed by atoms with Gasteiger partial charge in [0, 0.05) is 18.0 Å². The van der Waals surface area contributed by atoms with Crippen molar-refractivity contribution in [3.8, 4) is 11.4 Å². The van der Waals surface area contributed by atoms with E-state index in [1.807, 2.05) is 10.8 Å². The molecule has 1 atom stereocenters. The number of rotatable bonds is 2. The average Bonchev–Trinajstić information content (AvgIpc) is 3.22. The Kier molecular flexibility index (Phi) is 4.08. The molecule has 0 bridgehead atoms. The van der Waals surface area contributed by atoms with Crippen LogP contribution >= 0.6 is 0 Å². The van der Waals surface area contributed by atoms with Gasteiger partial charge in [0.05, 0.1) is 23.8 Å². The number of nitrogens with one attached hydrogen (secondary N) is 1. The molecular formula is C18H20F3N3O. The van der Waals surface area contributed by atoms with Crippen LogP contribution in [-0.4, -0.2) is 34.8 Å². The first kappa shape index (κ1) is 16.6. The molecule has 1 aromatic carbocycles. The van der Waals surface area contributed by atoms with Crippen molar-refractivity contribution >= 4 is 0 Å². The SMILES string of the molecule is FC(F)(F)c1cccc(-c2nccn2C2COC3(CCNCC3)C2)c1. The van der Waals surface area contributed by atoms with E-state index >= 15 is 0 Å². The lowest BCUT2D eigenvalue weighted by atomic mass is 9.88. The first-order valence-corrected chi connectivity index (χ1v) is 8.52. The smallest absolute Gasteiger partial charge is 0.373 e. The summed E-state index contributed by atoms with van der Waals surface area (Å²) in [4.78, 5) is 4.32.